The van der Waals surface area contributed by atoms with Crippen molar-refractivity contribution in [3.8, 4) is 11.5 Å². The summed E-state index contributed by atoms with van der Waals surface area (Å²) in [6.07, 6.45) is 12.6. The maximum absolute atomic E-state index is 10.8. The molecule has 0 saturated heterocycles. The quantitative estimate of drug-likeness (QED) is 0.350. The minimum atomic E-state index is 0.158. The van der Waals surface area contributed by atoms with Gasteiger partial charge >= 0.3 is 0 Å². The highest BCUT2D eigenvalue weighted by molar-refractivity contribution is 6.33. The molecule has 0 saturated carbocycles. The molecule has 2 heterocycles. The summed E-state index contributed by atoms with van der Waals surface area (Å²) in [6.45, 7) is 2.77. The Bertz CT molecular complexity index is 1220. The second kappa shape index (κ2) is 9.74. The average molecular weight is 455 g/mol. The van der Waals surface area contributed by atoms with E-state index in [0.29, 0.717) is 35.6 Å². The van der Waals surface area contributed by atoms with E-state index in [1.165, 1.54) is 0 Å². The monoisotopic (exact) mass is 454 g/mol. The molecule has 0 atom stereocenters. The predicted molar refractivity (Wildman–Crippen MR) is 131 cm³/mol. The number of aromatic hydroxyl groups is 2. The standard InChI is InChI=1S/C26H26N6O2/c33-21-7-1-5-19-23(21)26(30-10-4-14-32-16-12-28-18-32)20-6-2-8-22(34)24(20)25(19)29-9-3-13-31-15-11-27-17-31/h1-2,5-8,11-12,15-18,33-34H,3-4,9-10,13-14H2. The largest absolute Gasteiger partial charge is 0.507 e. The first-order valence-corrected chi connectivity index (χ1v) is 11.4. The highest BCUT2D eigenvalue weighted by Gasteiger charge is 2.30. The average Bonchev–Trinajstić information content (AvgIpc) is 3.55. The van der Waals surface area contributed by atoms with Crippen LogP contribution in [0, 0.1) is 0 Å². The molecule has 1 aliphatic rings. The van der Waals surface area contributed by atoms with Gasteiger partial charge in [0, 0.05) is 62.1 Å². The third-order valence-electron chi connectivity index (χ3n) is 5.88. The van der Waals surface area contributed by atoms with Crippen LogP contribution in [0.1, 0.15) is 35.1 Å². The van der Waals surface area contributed by atoms with Crippen molar-refractivity contribution in [3.63, 3.8) is 0 Å². The first-order chi connectivity index (χ1) is 16.7. The lowest BCUT2D eigenvalue weighted by Gasteiger charge is -2.25. The fourth-order valence-electron chi connectivity index (χ4n) is 4.30. The van der Waals surface area contributed by atoms with E-state index in [1.807, 2.05) is 33.7 Å². The Labute approximate surface area is 197 Å². The zero-order valence-electron chi connectivity index (χ0n) is 18.7. The maximum atomic E-state index is 10.8. The Morgan fingerprint density at radius 1 is 0.676 bits per heavy atom. The van der Waals surface area contributed by atoms with Gasteiger partial charge in [-0.15, -0.1) is 0 Å². The highest BCUT2D eigenvalue weighted by atomic mass is 16.3. The molecule has 2 aromatic carbocycles. The van der Waals surface area contributed by atoms with Gasteiger partial charge in [-0.3, -0.25) is 9.98 Å². The molecule has 0 bridgehead atoms. The number of hydrogen-bond donors (Lipinski definition) is 2. The Hall–Kier alpha value is -4.20. The zero-order chi connectivity index (χ0) is 23.3. The zero-order valence-corrected chi connectivity index (χ0v) is 18.7. The topological polar surface area (TPSA) is 101 Å². The maximum Gasteiger partial charge on any atom is 0.125 e. The number of aliphatic imine (C=N–C) groups is 2. The van der Waals surface area contributed by atoms with Crippen molar-refractivity contribution in [1.82, 2.24) is 19.1 Å². The van der Waals surface area contributed by atoms with Gasteiger partial charge in [0.05, 0.1) is 35.2 Å². The summed E-state index contributed by atoms with van der Waals surface area (Å²) >= 11 is 0. The summed E-state index contributed by atoms with van der Waals surface area (Å²) in [5.74, 6) is 0.317. The minimum Gasteiger partial charge on any atom is -0.507 e. The lowest BCUT2D eigenvalue weighted by Crippen LogP contribution is -2.23. The van der Waals surface area contributed by atoms with E-state index in [-0.39, 0.29) is 11.5 Å². The Morgan fingerprint density at radius 3 is 1.56 bits per heavy atom. The van der Waals surface area contributed by atoms with Crippen molar-refractivity contribution < 1.29 is 10.2 Å². The number of benzene rings is 2. The van der Waals surface area contributed by atoms with Crippen molar-refractivity contribution >= 4 is 11.4 Å². The lowest BCUT2D eigenvalue weighted by atomic mass is 9.81. The van der Waals surface area contributed by atoms with Crippen molar-refractivity contribution in [2.24, 2.45) is 9.98 Å². The van der Waals surface area contributed by atoms with E-state index in [1.54, 1.807) is 49.3 Å². The molecule has 5 rings (SSSR count). The van der Waals surface area contributed by atoms with E-state index < -0.39 is 0 Å². The predicted octanol–water partition coefficient (Wildman–Crippen LogP) is 3.66. The third kappa shape index (κ3) is 4.34. The molecule has 34 heavy (non-hydrogen) atoms. The number of aromatic nitrogens is 4. The molecule has 8 nitrogen and oxygen atoms in total. The fraction of sp³-hybridized carbons (Fsp3) is 0.231. The molecule has 8 heteroatoms. The summed E-state index contributed by atoms with van der Waals surface area (Å²) in [4.78, 5) is 17.9. The summed E-state index contributed by atoms with van der Waals surface area (Å²) < 4.78 is 4.03. The first kappa shape index (κ1) is 21.6. The van der Waals surface area contributed by atoms with Crippen LogP contribution in [0.3, 0.4) is 0 Å². The molecule has 4 aromatic rings. The number of phenols is 2. The minimum absolute atomic E-state index is 0.158. The van der Waals surface area contributed by atoms with Crippen molar-refractivity contribution in [2.45, 2.75) is 25.9 Å². The second-order valence-electron chi connectivity index (χ2n) is 8.17. The molecule has 0 unspecified atom stereocenters. The van der Waals surface area contributed by atoms with E-state index in [4.69, 9.17) is 9.98 Å². The second-order valence-corrected chi connectivity index (χ2v) is 8.17. The van der Waals surface area contributed by atoms with Crippen LogP contribution in [0.5, 0.6) is 11.5 Å². The number of hydrogen-bond acceptors (Lipinski definition) is 6. The molecule has 0 fully saturated rings. The van der Waals surface area contributed by atoms with Crippen LogP contribution < -0.4 is 0 Å². The van der Waals surface area contributed by atoms with Crippen LogP contribution in [0.15, 0.2) is 83.8 Å². The SMILES string of the molecule is Oc1cccc2c1C(=NCCCn1ccnc1)c1cccc(O)c1C2=NCCCn1ccnc1. The van der Waals surface area contributed by atoms with Crippen molar-refractivity contribution in [2.75, 3.05) is 13.1 Å². The van der Waals surface area contributed by atoms with Crippen LogP contribution in [-0.4, -0.2) is 53.8 Å². The van der Waals surface area contributed by atoms with Crippen LogP contribution in [0.2, 0.25) is 0 Å². The smallest absolute Gasteiger partial charge is 0.125 e. The summed E-state index contributed by atoms with van der Waals surface area (Å²) in [5.41, 5.74) is 4.26. The van der Waals surface area contributed by atoms with Gasteiger partial charge < -0.3 is 19.3 Å². The van der Waals surface area contributed by atoms with Gasteiger partial charge in [0.2, 0.25) is 0 Å². The molecule has 0 radical (unpaired) electrons. The molecule has 172 valence electrons. The molecule has 0 spiro atoms. The van der Waals surface area contributed by atoms with E-state index in [0.717, 1.165) is 37.1 Å². The fourth-order valence-corrected chi connectivity index (χ4v) is 4.30. The molecule has 2 N–H and O–H groups in total. The number of nitrogens with zero attached hydrogens (tertiary/aromatic N) is 6. The van der Waals surface area contributed by atoms with E-state index in [9.17, 15) is 10.2 Å². The normalized spacial score (nSPS) is 14.9. The summed E-state index contributed by atoms with van der Waals surface area (Å²) in [5, 5.41) is 21.6. The summed E-state index contributed by atoms with van der Waals surface area (Å²) in [6, 6.07) is 10.8. The lowest BCUT2D eigenvalue weighted by molar-refractivity contribution is 0.471. The highest BCUT2D eigenvalue weighted by Crippen LogP contribution is 2.37. The third-order valence-corrected chi connectivity index (χ3v) is 5.88. The van der Waals surface area contributed by atoms with Gasteiger partial charge in [0.1, 0.15) is 11.5 Å². The Morgan fingerprint density at radius 2 is 1.15 bits per heavy atom. The number of aryl methyl sites for hydroxylation is 2. The van der Waals surface area contributed by atoms with Crippen LogP contribution in [0.25, 0.3) is 0 Å². The van der Waals surface area contributed by atoms with Gasteiger partial charge in [0.25, 0.3) is 0 Å². The first-order valence-electron chi connectivity index (χ1n) is 11.4. The van der Waals surface area contributed by atoms with Crippen LogP contribution >= 0.6 is 0 Å². The number of phenolic OH excluding ortho intramolecular Hbond substituents is 2. The molecule has 1 aliphatic carbocycles. The van der Waals surface area contributed by atoms with Gasteiger partial charge in [-0.05, 0) is 25.0 Å². The van der Waals surface area contributed by atoms with Gasteiger partial charge in [0.15, 0.2) is 0 Å². The van der Waals surface area contributed by atoms with Gasteiger partial charge in [-0.25, -0.2) is 9.97 Å². The molecular weight excluding hydrogens is 428 g/mol. The number of fused-ring (bicyclic) bond motifs is 2. The van der Waals surface area contributed by atoms with Gasteiger partial charge in [-0.2, -0.15) is 0 Å². The molecule has 0 amide bonds. The van der Waals surface area contributed by atoms with Crippen LogP contribution in [-0.2, 0) is 13.1 Å². The molecular formula is C26H26N6O2. The van der Waals surface area contributed by atoms with E-state index >= 15 is 0 Å². The number of imidazole rings is 2. The molecule has 2 aromatic heterocycles. The van der Waals surface area contributed by atoms with Gasteiger partial charge in [-0.1, -0.05) is 24.3 Å². The van der Waals surface area contributed by atoms with Crippen molar-refractivity contribution in [3.05, 3.63) is 96.1 Å². The Balaban J connectivity index is 1.48. The number of rotatable bonds is 8. The molecule has 0 aliphatic heterocycles. The van der Waals surface area contributed by atoms with Crippen molar-refractivity contribution in [1.29, 1.82) is 0 Å². The summed E-state index contributed by atoms with van der Waals surface area (Å²) in [7, 11) is 0. The Kier molecular flexibility index (Phi) is 6.20. The van der Waals surface area contributed by atoms with E-state index in [2.05, 4.69) is 9.97 Å². The van der Waals surface area contributed by atoms with Crippen LogP contribution in [0.4, 0.5) is 0 Å².